The second kappa shape index (κ2) is 6.77. The molecule has 0 bridgehead atoms. The van der Waals surface area contributed by atoms with Crippen LogP contribution in [0.2, 0.25) is 0 Å². The lowest BCUT2D eigenvalue weighted by Crippen LogP contribution is -1.97. The Kier molecular flexibility index (Phi) is 5.04. The lowest BCUT2D eigenvalue weighted by atomic mass is 10.3. The fraction of sp³-hybridized carbons (Fsp3) is 0.385. The normalized spacial score (nSPS) is 10.5. The van der Waals surface area contributed by atoms with Gasteiger partial charge in [-0.3, -0.25) is 4.98 Å². The van der Waals surface area contributed by atoms with Crippen molar-refractivity contribution in [3.05, 3.63) is 34.0 Å². The second-order valence-corrected chi connectivity index (χ2v) is 5.89. The topological polar surface area (TPSA) is 44.2 Å². The predicted molar refractivity (Wildman–Crippen MR) is 79.2 cm³/mol. The van der Waals surface area contributed by atoms with Crippen molar-refractivity contribution in [2.75, 3.05) is 14.2 Å². The molecule has 0 N–H and O–H groups in total. The summed E-state index contributed by atoms with van der Waals surface area (Å²) in [5, 5.41) is 3.20. The van der Waals surface area contributed by atoms with Gasteiger partial charge in [0.1, 0.15) is 0 Å². The van der Waals surface area contributed by atoms with Gasteiger partial charge in [-0.15, -0.1) is 23.1 Å². The molecule has 0 atom stereocenters. The molecule has 0 amide bonds. The average Bonchev–Trinajstić information content (AvgIpc) is 2.84. The van der Waals surface area contributed by atoms with Crippen LogP contribution >= 0.6 is 23.1 Å². The molecule has 0 saturated carbocycles. The zero-order valence-electron chi connectivity index (χ0n) is 11.2. The van der Waals surface area contributed by atoms with E-state index in [9.17, 15) is 0 Å². The maximum Gasteiger partial charge on any atom is 0.183 e. The van der Waals surface area contributed by atoms with E-state index in [1.807, 2.05) is 6.92 Å². The minimum absolute atomic E-state index is 0.715. The van der Waals surface area contributed by atoms with Gasteiger partial charge in [-0.1, -0.05) is 0 Å². The van der Waals surface area contributed by atoms with Crippen LogP contribution in [0, 0.1) is 6.92 Å². The number of rotatable bonds is 6. The molecule has 0 unspecified atom stereocenters. The monoisotopic (exact) mass is 296 g/mol. The fourth-order valence-corrected chi connectivity index (χ4v) is 3.26. The Bertz CT molecular complexity index is 543. The molecule has 4 nitrogen and oxygen atoms in total. The molecule has 2 aromatic heterocycles. The van der Waals surface area contributed by atoms with Gasteiger partial charge in [0.05, 0.1) is 30.6 Å². The van der Waals surface area contributed by atoms with E-state index in [1.165, 1.54) is 0 Å². The summed E-state index contributed by atoms with van der Waals surface area (Å²) < 4.78 is 10.6. The van der Waals surface area contributed by atoms with Crippen LogP contribution < -0.4 is 9.47 Å². The number of nitrogens with zero attached hydrogens (tertiary/aromatic N) is 2. The Morgan fingerprint density at radius 3 is 2.74 bits per heavy atom. The molecule has 0 aliphatic heterocycles. The number of pyridine rings is 1. The van der Waals surface area contributed by atoms with Crippen LogP contribution in [0.1, 0.15) is 16.4 Å². The van der Waals surface area contributed by atoms with Crippen molar-refractivity contribution in [3.8, 4) is 11.5 Å². The van der Waals surface area contributed by atoms with Crippen molar-refractivity contribution in [2.24, 2.45) is 0 Å². The lowest BCUT2D eigenvalue weighted by Gasteiger charge is -2.10. The zero-order chi connectivity index (χ0) is 13.7. The number of methoxy groups -OCH3 is 2. The van der Waals surface area contributed by atoms with Crippen molar-refractivity contribution in [2.45, 2.75) is 18.4 Å². The summed E-state index contributed by atoms with van der Waals surface area (Å²) in [6.45, 7) is 2.02. The summed E-state index contributed by atoms with van der Waals surface area (Å²) in [7, 11) is 3.27. The summed E-state index contributed by atoms with van der Waals surface area (Å²) in [5.41, 5.74) is 2.02. The van der Waals surface area contributed by atoms with Crippen LogP contribution in [0.15, 0.2) is 17.6 Å². The summed E-state index contributed by atoms with van der Waals surface area (Å²) >= 11 is 3.45. The number of aryl methyl sites for hydroxylation is 1. The molecule has 6 heteroatoms. The first-order valence-electron chi connectivity index (χ1n) is 5.79. The first-order valence-corrected chi connectivity index (χ1v) is 7.82. The van der Waals surface area contributed by atoms with Crippen molar-refractivity contribution in [3.63, 3.8) is 0 Å². The molecule has 0 spiro atoms. The SMILES string of the molecule is COc1ccnc(CSCc2csc(C)n2)c1OC. The Morgan fingerprint density at radius 1 is 1.26 bits per heavy atom. The highest BCUT2D eigenvalue weighted by Crippen LogP contribution is 2.32. The maximum absolute atomic E-state index is 5.36. The largest absolute Gasteiger partial charge is 0.493 e. The summed E-state index contributed by atoms with van der Waals surface area (Å²) in [6, 6.07) is 1.80. The molecule has 2 heterocycles. The third-order valence-corrected chi connectivity index (χ3v) is 4.32. The highest BCUT2D eigenvalue weighted by atomic mass is 32.2. The molecule has 0 aromatic carbocycles. The lowest BCUT2D eigenvalue weighted by molar-refractivity contribution is 0.350. The average molecular weight is 296 g/mol. The smallest absolute Gasteiger partial charge is 0.183 e. The van der Waals surface area contributed by atoms with Crippen LogP contribution in [0.5, 0.6) is 11.5 Å². The highest BCUT2D eigenvalue weighted by molar-refractivity contribution is 7.97. The Hall–Kier alpha value is -1.27. The van der Waals surface area contributed by atoms with Crippen LogP contribution in [-0.4, -0.2) is 24.2 Å². The molecule has 2 rings (SSSR count). The quantitative estimate of drug-likeness (QED) is 0.818. The van der Waals surface area contributed by atoms with E-state index in [-0.39, 0.29) is 0 Å². The van der Waals surface area contributed by atoms with Crippen molar-refractivity contribution < 1.29 is 9.47 Å². The molecule has 0 aliphatic rings. The molecule has 0 aliphatic carbocycles. The molecule has 2 aromatic rings. The van der Waals surface area contributed by atoms with Gasteiger partial charge in [-0.2, -0.15) is 0 Å². The minimum Gasteiger partial charge on any atom is -0.493 e. The van der Waals surface area contributed by atoms with Crippen molar-refractivity contribution in [1.29, 1.82) is 0 Å². The number of thiazole rings is 1. The molecule has 102 valence electrons. The molecular formula is C13H16N2O2S2. The van der Waals surface area contributed by atoms with Gasteiger partial charge in [0.25, 0.3) is 0 Å². The predicted octanol–water partition coefficient (Wildman–Crippen LogP) is 3.30. The molecule has 0 fully saturated rings. The van der Waals surface area contributed by atoms with E-state index in [2.05, 4.69) is 15.3 Å². The van der Waals surface area contributed by atoms with Crippen LogP contribution in [0.25, 0.3) is 0 Å². The van der Waals surface area contributed by atoms with Crippen molar-refractivity contribution in [1.82, 2.24) is 9.97 Å². The van der Waals surface area contributed by atoms with Gasteiger partial charge in [0, 0.05) is 29.1 Å². The van der Waals surface area contributed by atoms with E-state index in [0.29, 0.717) is 5.75 Å². The van der Waals surface area contributed by atoms with E-state index >= 15 is 0 Å². The van der Waals surface area contributed by atoms with Gasteiger partial charge < -0.3 is 9.47 Å². The first kappa shape index (κ1) is 14.1. The molecule has 19 heavy (non-hydrogen) atoms. The van der Waals surface area contributed by atoms with Crippen LogP contribution in [0.3, 0.4) is 0 Å². The standard InChI is InChI=1S/C13H16N2O2S2/c1-9-15-10(7-19-9)6-18-8-11-13(17-3)12(16-2)4-5-14-11/h4-5,7H,6,8H2,1-3H3. The van der Waals surface area contributed by atoms with Gasteiger partial charge >= 0.3 is 0 Å². The zero-order valence-corrected chi connectivity index (χ0v) is 12.8. The first-order chi connectivity index (χ1) is 9.24. The second-order valence-electron chi connectivity index (χ2n) is 3.84. The minimum atomic E-state index is 0.715. The van der Waals surface area contributed by atoms with E-state index in [0.717, 1.165) is 33.7 Å². The number of hydrogen-bond donors (Lipinski definition) is 0. The van der Waals surface area contributed by atoms with Gasteiger partial charge in [-0.25, -0.2) is 4.98 Å². The summed E-state index contributed by atoms with van der Waals surface area (Å²) in [4.78, 5) is 8.79. The third kappa shape index (κ3) is 3.61. The Labute approximate surface area is 121 Å². The van der Waals surface area contributed by atoms with Gasteiger partial charge in [0.15, 0.2) is 11.5 Å². The fourth-order valence-electron chi connectivity index (χ4n) is 1.68. The van der Waals surface area contributed by atoms with Crippen LogP contribution in [0.4, 0.5) is 0 Å². The number of hydrogen-bond acceptors (Lipinski definition) is 6. The van der Waals surface area contributed by atoms with E-state index in [4.69, 9.17) is 9.47 Å². The van der Waals surface area contributed by atoms with Crippen molar-refractivity contribution >= 4 is 23.1 Å². The van der Waals surface area contributed by atoms with E-state index in [1.54, 1.807) is 49.6 Å². The van der Waals surface area contributed by atoms with Crippen LogP contribution in [-0.2, 0) is 11.5 Å². The number of thioether (sulfide) groups is 1. The number of ether oxygens (including phenoxy) is 2. The Morgan fingerprint density at radius 2 is 2.11 bits per heavy atom. The summed E-state index contributed by atoms with van der Waals surface area (Å²) in [5.74, 6) is 3.09. The highest BCUT2D eigenvalue weighted by Gasteiger charge is 2.11. The summed E-state index contributed by atoms with van der Waals surface area (Å²) in [6.07, 6.45) is 1.74. The molecule has 0 radical (unpaired) electrons. The van der Waals surface area contributed by atoms with E-state index < -0.39 is 0 Å². The number of aromatic nitrogens is 2. The third-order valence-electron chi connectivity index (χ3n) is 2.52. The van der Waals surface area contributed by atoms with Gasteiger partial charge in [-0.05, 0) is 6.92 Å². The Balaban J connectivity index is 1.99. The molecule has 0 saturated heterocycles. The molecular weight excluding hydrogens is 280 g/mol. The van der Waals surface area contributed by atoms with Gasteiger partial charge in [0.2, 0.25) is 0 Å². The maximum atomic E-state index is 5.36.